The van der Waals surface area contributed by atoms with E-state index < -0.39 is 68.3 Å². The fourth-order valence-electron chi connectivity index (χ4n) is 2.20. The molecule has 10 heteroatoms. The summed E-state index contributed by atoms with van der Waals surface area (Å²) in [5, 5.41) is 2.15. The van der Waals surface area contributed by atoms with E-state index in [1.165, 1.54) is 6.07 Å². The molecule has 0 saturated carbocycles. The Balaban J connectivity index is 1.71. The summed E-state index contributed by atoms with van der Waals surface area (Å²) in [7, 11) is 0. The van der Waals surface area contributed by atoms with E-state index in [4.69, 9.17) is 41.0 Å². The maximum absolute atomic E-state index is 13.0. The minimum atomic E-state index is -3.40. The largest absolute Gasteiger partial charge is 0.379 e. The van der Waals surface area contributed by atoms with Gasteiger partial charge in [0.25, 0.3) is 5.56 Å². The van der Waals surface area contributed by atoms with E-state index in [1.54, 1.807) is 0 Å². The van der Waals surface area contributed by atoms with Crippen molar-refractivity contribution in [2.24, 2.45) is 0 Å². The van der Waals surface area contributed by atoms with Crippen LogP contribution in [-0.2, 0) is 17.7 Å². The van der Waals surface area contributed by atoms with Gasteiger partial charge in [0.05, 0.1) is 41.8 Å². The zero-order valence-electron chi connectivity index (χ0n) is 26.8. The number of morpholine rings is 1. The van der Waals surface area contributed by atoms with E-state index in [0.717, 1.165) is 12.4 Å². The van der Waals surface area contributed by atoms with Gasteiger partial charge in [0.1, 0.15) is 0 Å². The molecular formula is C18H20Cl2N6O2. The predicted octanol–water partition coefficient (Wildman–Crippen LogP) is 2.37. The molecule has 0 unspecified atom stereocenters. The van der Waals surface area contributed by atoms with Gasteiger partial charge in [-0.05, 0) is 17.7 Å². The summed E-state index contributed by atoms with van der Waals surface area (Å²) in [6.45, 7) is -20.2. The van der Waals surface area contributed by atoms with Gasteiger partial charge in [-0.2, -0.15) is 4.98 Å². The highest BCUT2D eigenvalue weighted by Crippen LogP contribution is 2.22. The van der Waals surface area contributed by atoms with Crippen LogP contribution in [0, 0.1) is 0 Å². The first-order valence-electron chi connectivity index (χ1n) is 14.1. The van der Waals surface area contributed by atoms with E-state index in [2.05, 4.69) is 25.0 Å². The van der Waals surface area contributed by atoms with Crippen LogP contribution >= 0.6 is 23.2 Å². The Hall–Kier alpha value is -2.13. The molecule has 8 nitrogen and oxygen atoms in total. The molecule has 1 saturated heterocycles. The number of benzene rings is 1. The number of aromatic amines is 1. The van der Waals surface area contributed by atoms with Gasteiger partial charge in [-0.15, -0.1) is 0 Å². The average molecular weight is 436 g/mol. The van der Waals surface area contributed by atoms with Crippen LogP contribution in [0.15, 0.2) is 29.3 Å². The molecule has 1 aromatic carbocycles. The first-order chi connectivity index (χ1) is 18.4. The SMILES string of the molecule is [2H]c1cc(C([2H])([2H])Nc2nc3ncn(C([2H])([2H])CN4C([2H])([2H])C([2H])([2H])OC([2H])([2H])C4([2H])[2H])c3c(=O)[nH]2)cc(Cl)c1Cl. The lowest BCUT2D eigenvalue weighted by molar-refractivity contribution is 0.0365. The van der Waals surface area contributed by atoms with Crippen LogP contribution in [0.2, 0.25) is 10.0 Å². The van der Waals surface area contributed by atoms with Crippen molar-refractivity contribution < 1.29 is 22.6 Å². The second kappa shape index (κ2) is 8.48. The fourth-order valence-corrected chi connectivity index (χ4v) is 2.48. The third-order valence-electron chi connectivity index (χ3n) is 3.45. The van der Waals surface area contributed by atoms with Crippen molar-refractivity contribution in [3.05, 3.63) is 50.5 Å². The quantitative estimate of drug-likeness (QED) is 0.617. The monoisotopic (exact) mass is 435 g/mol. The smallest absolute Gasteiger partial charge is 0.278 e. The number of ether oxygens (including phenoxy) is 1. The molecule has 1 aliphatic rings. The van der Waals surface area contributed by atoms with Gasteiger partial charge in [0.15, 0.2) is 11.2 Å². The summed E-state index contributed by atoms with van der Waals surface area (Å²) < 4.78 is 110. The number of imidazole rings is 1. The Kier molecular flexibility index (Phi) is 2.77. The van der Waals surface area contributed by atoms with Crippen molar-refractivity contribution in [3.8, 4) is 0 Å². The Labute approximate surface area is 189 Å². The summed E-state index contributed by atoms with van der Waals surface area (Å²) in [6.07, 6.45) is 0.797. The van der Waals surface area contributed by atoms with Gasteiger partial charge < -0.3 is 14.6 Å². The van der Waals surface area contributed by atoms with Crippen LogP contribution in [0.1, 0.15) is 23.4 Å². The van der Waals surface area contributed by atoms with Gasteiger partial charge in [0, 0.05) is 38.0 Å². The van der Waals surface area contributed by atoms with Crippen molar-refractivity contribution >= 4 is 40.3 Å². The highest BCUT2D eigenvalue weighted by molar-refractivity contribution is 6.42. The van der Waals surface area contributed by atoms with Crippen molar-refractivity contribution in [1.82, 2.24) is 24.4 Å². The van der Waals surface area contributed by atoms with E-state index in [9.17, 15) is 4.79 Å². The van der Waals surface area contributed by atoms with Crippen molar-refractivity contribution in [2.45, 2.75) is 13.0 Å². The molecule has 2 N–H and O–H groups in total. The summed E-state index contributed by atoms with van der Waals surface area (Å²) in [5.74, 6) is -0.446. The van der Waals surface area contributed by atoms with Crippen LogP contribution < -0.4 is 10.9 Å². The van der Waals surface area contributed by atoms with Gasteiger partial charge in [-0.1, -0.05) is 29.3 Å². The third-order valence-corrected chi connectivity index (χ3v) is 4.15. The fraction of sp³-hybridized carbons (Fsp3) is 0.389. The van der Waals surface area contributed by atoms with E-state index in [-0.39, 0.29) is 26.6 Å². The highest BCUT2D eigenvalue weighted by Gasteiger charge is 2.14. The zero-order chi connectivity index (χ0) is 31.1. The summed E-state index contributed by atoms with van der Waals surface area (Å²) in [4.78, 5) is 23.1. The number of aromatic nitrogens is 4. The minimum absolute atomic E-state index is 0.000773. The number of rotatable bonds is 6. The molecule has 3 heterocycles. The van der Waals surface area contributed by atoms with Crippen molar-refractivity contribution in [2.75, 3.05) is 38.0 Å². The van der Waals surface area contributed by atoms with Gasteiger partial charge in [-0.25, -0.2) is 4.98 Å². The zero-order valence-corrected chi connectivity index (χ0v) is 15.3. The van der Waals surface area contributed by atoms with Gasteiger partial charge >= 0.3 is 0 Å². The van der Waals surface area contributed by atoms with E-state index >= 15 is 0 Å². The number of H-pyrrole nitrogens is 1. The molecule has 2 aromatic heterocycles. The molecule has 0 bridgehead atoms. The standard InChI is InChI=1S/C18H20Cl2N6O2/c19-13-2-1-12(9-14(13)20)10-21-18-23-16-15(17(27)24-18)26(11-22-16)4-3-25-5-7-28-8-6-25/h1-2,9,11H,3-8,10H2,(H2,21,23,24,27)/i2D,4D2,5D2,6D2,7D2,8D2,10D2. The Morgan fingerprint density at radius 2 is 2.21 bits per heavy atom. The predicted molar refractivity (Wildman–Crippen MR) is 109 cm³/mol. The Morgan fingerprint density at radius 1 is 1.39 bits per heavy atom. The van der Waals surface area contributed by atoms with Gasteiger partial charge in [-0.3, -0.25) is 14.7 Å². The number of nitrogens with one attached hydrogen (secondary N) is 2. The maximum atomic E-state index is 13.0. The molecular weight excluding hydrogens is 403 g/mol. The molecule has 1 aliphatic heterocycles. The molecule has 0 radical (unpaired) electrons. The van der Waals surface area contributed by atoms with Crippen LogP contribution in [-0.4, -0.2) is 57.1 Å². The Bertz CT molecular complexity index is 1530. The van der Waals surface area contributed by atoms with Crippen LogP contribution in [0.4, 0.5) is 5.95 Å². The lowest BCUT2D eigenvalue weighted by Gasteiger charge is -2.26. The molecule has 0 spiro atoms. The molecule has 4 rings (SSSR count). The molecule has 1 fully saturated rings. The average Bonchev–Trinajstić information content (AvgIpc) is 3.24. The second-order valence-corrected chi connectivity index (χ2v) is 6.06. The topological polar surface area (TPSA) is 88.1 Å². The highest BCUT2D eigenvalue weighted by atomic mass is 35.5. The molecule has 148 valence electrons. The molecule has 28 heavy (non-hydrogen) atoms. The molecule has 0 amide bonds. The maximum Gasteiger partial charge on any atom is 0.278 e. The molecule has 0 atom stereocenters. The second-order valence-electron chi connectivity index (χ2n) is 5.28. The number of halogens is 2. The third kappa shape index (κ3) is 4.30. The summed E-state index contributed by atoms with van der Waals surface area (Å²) in [6, 6.07) is 2.02. The first kappa shape index (κ1) is 9.13. The summed E-state index contributed by atoms with van der Waals surface area (Å²) >= 11 is 11.8. The minimum Gasteiger partial charge on any atom is -0.379 e. The molecule has 3 aromatic rings. The van der Waals surface area contributed by atoms with Crippen LogP contribution in [0.25, 0.3) is 11.2 Å². The Morgan fingerprint density at radius 3 is 3.00 bits per heavy atom. The number of hydrogen-bond donors (Lipinski definition) is 2. The van der Waals surface area contributed by atoms with E-state index in [1.807, 2.05) is 0 Å². The number of anilines is 1. The first-order valence-corrected chi connectivity index (χ1v) is 8.40. The van der Waals surface area contributed by atoms with E-state index in [0.29, 0.717) is 4.57 Å². The lowest BCUT2D eigenvalue weighted by Crippen LogP contribution is -2.38. The number of nitrogens with zero attached hydrogens (tertiary/aromatic N) is 4. The van der Waals surface area contributed by atoms with Crippen LogP contribution in [0.3, 0.4) is 0 Å². The molecule has 0 aliphatic carbocycles. The normalized spacial score (nSPS) is 30.3. The number of fused-ring (bicyclic) bond motifs is 1. The summed E-state index contributed by atoms with van der Waals surface area (Å²) in [5.41, 5.74) is -2.09. The number of hydrogen-bond acceptors (Lipinski definition) is 6. The lowest BCUT2D eigenvalue weighted by atomic mass is 10.2. The van der Waals surface area contributed by atoms with Crippen molar-refractivity contribution in [3.63, 3.8) is 0 Å². The van der Waals surface area contributed by atoms with Gasteiger partial charge in [0.2, 0.25) is 5.95 Å². The van der Waals surface area contributed by atoms with Crippen molar-refractivity contribution in [1.29, 1.82) is 0 Å². The van der Waals surface area contributed by atoms with Crippen LogP contribution in [0.5, 0.6) is 0 Å².